The zero-order valence-electron chi connectivity index (χ0n) is 17.3. The molecule has 0 fully saturated rings. The fraction of sp³-hybridized carbons (Fsp3) is 0.286. The molecule has 0 spiro atoms. The summed E-state index contributed by atoms with van der Waals surface area (Å²) in [6.45, 7) is 2.22. The van der Waals surface area contributed by atoms with Crippen LogP contribution in [-0.2, 0) is 10.3 Å². The summed E-state index contributed by atoms with van der Waals surface area (Å²) in [5.41, 5.74) is 2.52. The van der Waals surface area contributed by atoms with Crippen molar-refractivity contribution in [1.29, 1.82) is 0 Å². The summed E-state index contributed by atoms with van der Waals surface area (Å²) in [7, 11) is 0. The van der Waals surface area contributed by atoms with Gasteiger partial charge in [0.15, 0.2) is 0 Å². The van der Waals surface area contributed by atoms with Crippen molar-refractivity contribution in [3.63, 3.8) is 0 Å². The maximum atomic E-state index is 6.89. The third kappa shape index (κ3) is 4.97. The molecule has 1 atom stereocenters. The van der Waals surface area contributed by atoms with Gasteiger partial charge in [-0.1, -0.05) is 123 Å². The molecule has 29 heavy (non-hydrogen) atoms. The first-order chi connectivity index (χ1) is 14.3. The van der Waals surface area contributed by atoms with E-state index in [2.05, 4.69) is 85.6 Å². The lowest BCUT2D eigenvalue weighted by atomic mass is 9.80. The highest BCUT2D eigenvalue weighted by Crippen LogP contribution is 2.41. The third-order valence-electron chi connectivity index (χ3n) is 5.37. The fourth-order valence-corrected chi connectivity index (χ4v) is 3.87. The van der Waals surface area contributed by atoms with Crippen molar-refractivity contribution in [3.8, 4) is 12.3 Å². The molecule has 0 aliphatic heterocycles. The van der Waals surface area contributed by atoms with Gasteiger partial charge in [-0.3, -0.25) is 0 Å². The maximum absolute atomic E-state index is 6.89. The third-order valence-corrected chi connectivity index (χ3v) is 5.37. The van der Waals surface area contributed by atoms with E-state index in [4.69, 9.17) is 11.2 Å². The SMILES string of the molecule is C#CC(CCCCCC)OC(c1ccccc1)(c1ccccc1)c1ccccc1. The first-order valence-corrected chi connectivity index (χ1v) is 10.6. The molecule has 0 bridgehead atoms. The largest absolute Gasteiger partial charge is 0.345 e. The molecule has 0 aliphatic carbocycles. The quantitative estimate of drug-likeness (QED) is 0.209. The Balaban J connectivity index is 2.08. The van der Waals surface area contributed by atoms with Crippen molar-refractivity contribution in [1.82, 2.24) is 0 Å². The van der Waals surface area contributed by atoms with Crippen LogP contribution < -0.4 is 0 Å². The lowest BCUT2D eigenvalue weighted by Crippen LogP contribution is -2.36. The summed E-state index contributed by atoms with van der Waals surface area (Å²) in [4.78, 5) is 0. The molecule has 3 rings (SSSR count). The molecule has 3 aromatic rings. The van der Waals surface area contributed by atoms with Crippen LogP contribution in [0.1, 0.15) is 55.7 Å². The first kappa shape index (κ1) is 20.9. The summed E-state index contributed by atoms with van der Waals surface area (Å²) in [6.07, 6.45) is 11.3. The highest BCUT2D eigenvalue weighted by Gasteiger charge is 2.39. The number of benzene rings is 3. The van der Waals surface area contributed by atoms with Crippen LogP contribution in [0.15, 0.2) is 91.0 Å². The highest BCUT2D eigenvalue weighted by molar-refractivity contribution is 5.47. The second kappa shape index (κ2) is 10.6. The van der Waals surface area contributed by atoms with E-state index < -0.39 is 5.60 Å². The predicted molar refractivity (Wildman–Crippen MR) is 122 cm³/mol. The highest BCUT2D eigenvalue weighted by atomic mass is 16.5. The smallest absolute Gasteiger partial charge is 0.145 e. The van der Waals surface area contributed by atoms with Crippen LogP contribution in [0.2, 0.25) is 0 Å². The van der Waals surface area contributed by atoms with Gasteiger partial charge >= 0.3 is 0 Å². The topological polar surface area (TPSA) is 9.23 Å². The summed E-state index contributed by atoms with van der Waals surface area (Å²) < 4.78 is 6.89. The minimum absolute atomic E-state index is 0.257. The minimum atomic E-state index is -0.744. The van der Waals surface area contributed by atoms with Gasteiger partial charge in [-0.05, 0) is 29.5 Å². The maximum Gasteiger partial charge on any atom is 0.145 e. The van der Waals surface area contributed by atoms with Gasteiger partial charge in [0.25, 0.3) is 0 Å². The molecule has 0 amide bonds. The van der Waals surface area contributed by atoms with Crippen molar-refractivity contribution < 1.29 is 4.74 Å². The van der Waals surface area contributed by atoms with Crippen LogP contribution in [0.25, 0.3) is 0 Å². The van der Waals surface area contributed by atoms with Crippen molar-refractivity contribution in [2.45, 2.75) is 50.7 Å². The zero-order valence-corrected chi connectivity index (χ0v) is 17.3. The van der Waals surface area contributed by atoms with E-state index >= 15 is 0 Å². The van der Waals surface area contributed by atoms with E-state index in [-0.39, 0.29) is 6.10 Å². The average molecular weight is 383 g/mol. The summed E-state index contributed by atoms with van der Waals surface area (Å²) in [6, 6.07) is 31.2. The molecule has 1 heteroatoms. The van der Waals surface area contributed by atoms with Crippen molar-refractivity contribution in [2.24, 2.45) is 0 Å². The van der Waals surface area contributed by atoms with Crippen LogP contribution in [0.5, 0.6) is 0 Å². The number of ether oxygens (including phenoxy) is 1. The molecular formula is C28H30O. The molecule has 0 saturated heterocycles. The predicted octanol–water partition coefficient (Wildman–Crippen LogP) is 6.97. The van der Waals surface area contributed by atoms with Gasteiger partial charge in [-0.25, -0.2) is 0 Å². The van der Waals surface area contributed by atoms with Crippen LogP contribution in [-0.4, -0.2) is 6.10 Å². The molecule has 0 saturated carbocycles. The van der Waals surface area contributed by atoms with Crippen molar-refractivity contribution in [3.05, 3.63) is 108 Å². The molecule has 148 valence electrons. The summed E-state index contributed by atoms with van der Waals surface area (Å²) >= 11 is 0. The Labute approximate surface area is 175 Å². The van der Waals surface area contributed by atoms with E-state index in [0.29, 0.717) is 0 Å². The second-order valence-electron chi connectivity index (χ2n) is 7.40. The number of hydrogen-bond donors (Lipinski definition) is 0. The lowest BCUT2D eigenvalue weighted by Gasteiger charge is -2.38. The van der Waals surface area contributed by atoms with E-state index in [9.17, 15) is 0 Å². The number of hydrogen-bond acceptors (Lipinski definition) is 1. The Morgan fingerprint density at radius 3 is 1.55 bits per heavy atom. The van der Waals surface area contributed by atoms with Crippen LogP contribution in [0, 0.1) is 12.3 Å². The van der Waals surface area contributed by atoms with E-state index in [1.165, 1.54) is 19.3 Å². The van der Waals surface area contributed by atoms with Gasteiger partial charge in [0.1, 0.15) is 11.7 Å². The monoisotopic (exact) mass is 382 g/mol. The van der Waals surface area contributed by atoms with Gasteiger partial charge in [-0.2, -0.15) is 0 Å². The molecule has 0 aromatic heterocycles. The van der Waals surface area contributed by atoms with Crippen LogP contribution in [0.3, 0.4) is 0 Å². The Kier molecular flexibility index (Phi) is 7.68. The van der Waals surface area contributed by atoms with E-state index in [0.717, 1.165) is 29.5 Å². The molecule has 0 radical (unpaired) electrons. The van der Waals surface area contributed by atoms with Gasteiger partial charge in [0.05, 0.1) is 0 Å². The Morgan fingerprint density at radius 2 is 1.17 bits per heavy atom. The number of unbranched alkanes of at least 4 members (excludes halogenated alkanes) is 3. The van der Waals surface area contributed by atoms with Gasteiger partial charge in [0.2, 0.25) is 0 Å². The lowest BCUT2D eigenvalue weighted by molar-refractivity contribution is -0.0240. The first-order valence-electron chi connectivity index (χ1n) is 10.6. The average Bonchev–Trinajstić information content (AvgIpc) is 2.80. The number of rotatable bonds is 10. The Hall–Kier alpha value is -2.82. The van der Waals surface area contributed by atoms with Crippen LogP contribution >= 0.6 is 0 Å². The Morgan fingerprint density at radius 1 is 0.724 bits per heavy atom. The standard InChI is InChI=1S/C28H30O/c1-3-5-6-16-23-27(4-2)29-28(24-17-10-7-11-18-24,25-19-12-8-13-20-25)26-21-14-9-15-22-26/h2,7-15,17-22,27H,3,5-6,16,23H2,1H3. The molecule has 1 nitrogen and oxygen atoms in total. The zero-order chi connectivity index (χ0) is 20.4. The van der Waals surface area contributed by atoms with Crippen LogP contribution in [0.4, 0.5) is 0 Å². The summed E-state index contributed by atoms with van der Waals surface area (Å²) in [5.74, 6) is 2.92. The molecule has 1 unspecified atom stereocenters. The molecule has 3 aromatic carbocycles. The van der Waals surface area contributed by atoms with Crippen molar-refractivity contribution >= 4 is 0 Å². The van der Waals surface area contributed by atoms with E-state index in [1.54, 1.807) is 0 Å². The summed E-state index contributed by atoms with van der Waals surface area (Å²) in [5, 5.41) is 0. The minimum Gasteiger partial charge on any atom is -0.345 e. The normalized spacial score (nSPS) is 12.3. The van der Waals surface area contributed by atoms with Gasteiger partial charge in [-0.15, -0.1) is 6.42 Å². The van der Waals surface area contributed by atoms with Gasteiger partial charge in [0, 0.05) is 0 Å². The molecule has 0 heterocycles. The molecule has 0 aliphatic rings. The van der Waals surface area contributed by atoms with E-state index in [1.807, 2.05) is 18.2 Å². The fourth-order valence-electron chi connectivity index (χ4n) is 3.87. The number of terminal acetylenes is 1. The Bertz CT molecular complexity index is 781. The van der Waals surface area contributed by atoms with Crippen molar-refractivity contribution in [2.75, 3.05) is 0 Å². The second-order valence-corrected chi connectivity index (χ2v) is 7.40. The molecular weight excluding hydrogens is 352 g/mol. The van der Waals surface area contributed by atoms with Gasteiger partial charge < -0.3 is 4.74 Å². The molecule has 0 N–H and O–H groups in total.